The minimum absolute atomic E-state index is 0.174. The summed E-state index contributed by atoms with van der Waals surface area (Å²) in [6.07, 6.45) is 0.261. The van der Waals surface area contributed by atoms with Crippen LogP contribution in [0, 0.1) is 0 Å². The second-order valence-corrected chi connectivity index (χ2v) is 4.32. The number of aliphatic carboxylic acids is 1. The Balaban J connectivity index is 2.63. The number of carboxylic acid groups (broad SMARTS) is 1. The molecule has 0 saturated carbocycles. The average Bonchev–Trinajstić information content (AvgIpc) is 2.26. The Morgan fingerprint density at radius 1 is 1.29 bits per heavy atom. The van der Waals surface area contributed by atoms with Crippen molar-refractivity contribution in [3.8, 4) is 0 Å². The molecule has 4 nitrogen and oxygen atoms in total. The lowest BCUT2D eigenvalue weighted by Gasteiger charge is -2.13. The van der Waals surface area contributed by atoms with Gasteiger partial charge in [0.2, 0.25) is 5.24 Å². The van der Waals surface area contributed by atoms with Crippen LogP contribution in [0.3, 0.4) is 0 Å². The number of carbonyl (C=O) groups is 2. The normalized spacial score (nSPS) is 12.1. The molecule has 17 heavy (non-hydrogen) atoms. The highest BCUT2D eigenvalue weighted by Gasteiger charge is 2.17. The van der Waals surface area contributed by atoms with Crippen LogP contribution in [0.1, 0.15) is 5.56 Å². The average molecular weight is 276 g/mol. The first-order valence-corrected chi connectivity index (χ1v) is 5.63. The Kier molecular flexibility index (Phi) is 5.41. The summed E-state index contributed by atoms with van der Waals surface area (Å²) in [5.41, 5.74) is 0.816. The van der Waals surface area contributed by atoms with Crippen LogP contribution in [0.5, 0.6) is 0 Å². The van der Waals surface area contributed by atoms with Crippen LogP contribution in [-0.2, 0) is 16.0 Å². The molecule has 92 valence electrons. The van der Waals surface area contributed by atoms with Gasteiger partial charge in [-0.2, -0.15) is 0 Å². The Labute approximate surface area is 109 Å². The number of benzene rings is 1. The molecule has 1 aromatic carbocycles. The molecule has 0 aliphatic heterocycles. The third-order valence-electron chi connectivity index (χ3n) is 2.14. The maximum Gasteiger partial charge on any atom is 0.321 e. The van der Waals surface area contributed by atoms with Crippen molar-refractivity contribution >= 4 is 34.4 Å². The number of carbonyl (C=O) groups excluding carboxylic acids is 1. The van der Waals surface area contributed by atoms with Crippen molar-refractivity contribution in [1.82, 2.24) is 5.32 Å². The molecule has 0 bridgehead atoms. The predicted octanol–water partition coefficient (Wildman–Crippen LogP) is 1.69. The summed E-state index contributed by atoms with van der Waals surface area (Å²) in [5.74, 6) is -1.03. The molecule has 1 rings (SSSR count). The van der Waals surface area contributed by atoms with Crippen LogP contribution < -0.4 is 5.32 Å². The van der Waals surface area contributed by atoms with Crippen LogP contribution in [0.2, 0.25) is 5.02 Å². The minimum atomic E-state index is -1.03. The summed E-state index contributed by atoms with van der Waals surface area (Å²) in [6, 6.07) is 5.99. The van der Waals surface area contributed by atoms with Crippen molar-refractivity contribution in [1.29, 1.82) is 0 Å². The molecule has 0 aliphatic rings. The van der Waals surface area contributed by atoms with Crippen LogP contribution >= 0.6 is 23.2 Å². The second kappa shape index (κ2) is 6.59. The van der Waals surface area contributed by atoms with E-state index in [2.05, 4.69) is 5.32 Å². The smallest absolute Gasteiger partial charge is 0.321 e. The first-order chi connectivity index (χ1) is 7.99. The zero-order valence-corrected chi connectivity index (χ0v) is 10.3. The topological polar surface area (TPSA) is 66.4 Å². The SMILES string of the molecule is O=C(Cl)CN[C@@H](Cc1ccc(Cl)cc1)C(=O)O. The predicted molar refractivity (Wildman–Crippen MR) is 65.4 cm³/mol. The van der Waals surface area contributed by atoms with E-state index < -0.39 is 17.3 Å². The van der Waals surface area contributed by atoms with Gasteiger partial charge < -0.3 is 5.11 Å². The minimum Gasteiger partial charge on any atom is -0.480 e. The van der Waals surface area contributed by atoms with Gasteiger partial charge in [0.25, 0.3) is 0 Å². The van der Waals surface area contributed by atoms with Gasteiger partial charge in [-0.15, -0.1) is 0 Å². The Hall–Kier alpha value is -1.10. The number of hydrogen-bond acceptors (Lipinski definition) is 3. The summed E-state index contributed by atoms with van der Waals surface area (Å²) >= 11 is 10.9. The summed E-state index contributed by atoms with van der Waals surface area (Å²) in [5, 5.41) is 11.5. The Morgan fingerprint density at radius 3 is 2.35 bits per heavy atom. The standard InChI is InChI=1S/C11H11Cl2NO3/c12-8-3-1-7(2-4-8)5-9(11(16)17)14-6-10(13)15/h1-4,9,14H,5-6H2,(H,16,17)/t9-/m0/s1. The zero-order valence-electron chi connectivity index (χ0n) is 8.82. The zero-order chi connectivity index (χ0) is 12.8. The monoisotopic (exact) mass is 275 g/mol. The van der Waals surface area contributed by atoms with Crippen LogP contribution in [0.4, 0.5) is 0 Å². The van der Waals surface area contributed by atoms with E-state index in [1.165, 1.54) is 0 Å². The Bertz CT molecular complexity index is 406. The highest BCUT2D eigenvalue weighted by atomic mass is 35.5. The third-order valence-corrected chi connectivity index (χ3v) is 2.52. The van der Waals surface area contributed by atoms with Gasteiger partial charge in [-0.3, -0.25) is 14.9 Å². The number of hydrogen-bond donors (Lipinski definition) is 2. The molecular formula is C11H11Cl2NO3. The van der Waals surface area contributed by atoms with E-state index in [-0.39, 0.29) is 13.0 Å². The van der Waals surface area contributed by atoms with E-state index in [9.17, 15) is 9.59 Å². The molecule has 1 aromatic rings. The number of rotatable bonds is 6. The lowest BCUT2D eigenvalue weighted by Crippen LogP contribution is -2.40. The van der Waals surface area contributed by atoms with Gasteiger partial charge in [0, 0.05) is 5.02 Å². The molecule has 2 N–H and O–H groups in total. The first-order valence-electron chi connectivity index (χ1n) is 4.88. The Morgan fingerprint density at radius 2 is 1.88 bits per heavy atom. The van der Waals surface area contributed by atoms with Gasteiger partial charge in [-0.1, -0.05) is 23.7 Å². The third kappa shape index (κ3) is 5.17. The molecule has 0 spiro atoms. The highest BCUT2D eigenvalue weighted by molar-refractivity contribution is 6.64. The van der Waals surface area contributed by atoms with E-state index in [1.54, 1.807) is 24.3 Å². The summed E-state index contributed by atoms with van der Waals surface area (Å²) in [6.45, 7) is -0.174. The summed E-state index contributed by atoms with van der Waals surface area (Å²) < 4.78 is 0. The van der Waals surface area contributed by atoms with Crippen molar-refractivity contribution in [2.24, 2.45) is 0 Å². The molecule has 0 aromatic heterocycles. The van der Waals surface area contributed by atoms with Gasteiger partial charge in [0.15, 0.2) is 0 Å². The summed E-state index contributed by atoms with van der Waals surface area (Å²) in [4.78, 5) is 21.5. The van der Waals surface area contributed by atoms with E-state index in [0.717, 1.165) is 5.56 Å². The lowest BCUT2D eigenvalue weighted by molar-refractivity contribution is -0.139. The van der Waals surface area contributed by atoms with E-state index in [1.807, 2.05) is 0 Å². The number of carboxylic acids is 1. The van der Waals surface area contributed by atoms with Gasteiger partial charge in [0.1, 0.15) is 6.04 Å². The number of nitrogens with one attached hydrogen (secondary N) is 1. The van der Waals surface area contributed by atoms with Crippen molar-refractivity contribution in [2.75, 3.05) is 6.54 Å². The molecule has 0 saturated heterocycles. The van der Waals surface area contributed by atoms with Gasteiger partial charge in [-0.25, -0.2) is 0 Å². The largest absolute Gasteiger partial charge is 0.480 e. The van der Waals surface area contributed by atoms with Gasteiger partial charge in [-0.05, 0) is 35.7 Å². The van der Waals surface area contributed by atoms with Crippen LogP contribution in [0.25, 0.3) is 0 Å². The second-order valence-electron chi connectivity index (χ2n) is 3.46. The fraction of sp³-hybridized carbons (Fsp3) is 0.273. The molecule has 0 unspecified atom stereocenters. The fourth-order valence-corrected chi connectivity index (χ4v) is 1.51. The quantitative estimate of drug-likeness (QED) is 0.776. The van der Waals surface area contributed by atoms with Crippen LogP contribution in [-0.4, -0.2) is 28.9 Å². The van der Waals surface area contributed by atoms with Crippen molar-refractivity contribution in [2.45, 2.75) is 12.5 Å². The van der Waals surface area contributed by atoms with Crippen molar-refractivity contribution in [3.05, 3.63) is 34.9 Å². The molecule has 6 heteroatoms. The molecule has 0 aliphatic carbocycles. The van der Waals surface area contributed by atoms with E-state index in [4.69, 9.17) is 28.3 Å². The maximum absolute atomic E-state index is 10.9. The van der Waals surface area contributed by atoms with Gasteiger partial charge >= 0.3 is 5.97 Å². The fourth-order valence-electron chi connectivity index (χ4n) is 1.31. The highest BCUT2D eigenvalue weighted by Crippen LogP contribution is 2.11. The molecule has 1 atom stereocenters. The molecule has 0 heterocycles. The summed E-state index contributed by atoms with van der Waals surface area (Å²) in [7, 11) is 0. The molecule has 0 amide bonds. The van der Waals surface area contributed by atoms with Gasteiger partial charge in [0.05, 0.1) is 6.54 Å². The molecular weight excluding hydrogens is 265 g/mol. The molecule has 0 radical (unpaired) electrons. The van der Waals surface area contributed by atoms with E-state index in [0.29, 0.717) is 5.02 Å². The number of halogens is 2. The van der Waals surface area contributed by atoms with Crippen LogP contribution in [0.15, 0.2) is 24.3 Å². The van der Waals surface area contributed by atoms with E-state index >= 15 is 0 Å². The first kappa shape index (κ1) is 14.0. The van der Waals surface area contributed by atoms with Crippen molar-refractivity contribution in [3.63, 3.8) is 0 Å². The van der Waals surface area contributed by atoms with Crippen molar-refractivity contribution < 1.29 is 14.7 Å². The maximum atomic E-state index is 10.9. The lowest BCUT2D eigenvalue weighted by atomic mass is 10.1. The molecule has 0 fully saturated rings.